The molecule has 0 bridgehead atoms. The highest BCUT2D eigenvalue weighted by atomic mass is 14.8. The van der Waals surface area contributed by atoms with Gasteiger partial charge in [0.05, 0.1) is 11.6 Å². The van der Waals surface area contributed by atoms with Crippen molar-refractivity contribution in [3.05, 3.63) is 71.1 Å². The first-order valence-electron chi connectivity index (χ1n) is 8.70. The molecule has 0 fully saturated rings. The van der Waals surface area contributed by atoms with Gasteiger partial charge in [0.2, 0.25) is 0 Å². The fourth-order valence-electron chi connectivity index (χ4n) is 2.98. The van der Waals surface area contributed by atoms with Gasteiger partial charge in [0.15, 0.2) is 0 Å². The van der Waals surface area contributed by atoms with Crippen LogP contribution >= 0.6 is 0 Å². The molecule has 1 unspecified atom stereocenters. The maximum Gasteiger partial charge on any atom is 0.0998 e. The van der Waals surface area contributed by atoms with Crippen LogP contribution in [0.25, 0.3) is 0 Å². The van der Waals surface area contributed by atoms with E-state index < -0.39 is 0 Å². The molecule has 0 saturated carbocycles. The third-order valence-electron chi connectivity index (χ3n) is 4.39. The van der Waals surface area contributed by atoms with Gasteiger partial charge in [-0.05, 0) is 74.4 Å². The van der Waals surface area contributed by atoms with Gasteiger partial charge in [-0.15, -0.1) is 0 Å². The molecular formula is C22H30N2. The molecule has 0 saturated heterocycles. The Hall–Kier alpha value is -2.27. The van der Waals surface area contributed by atoms with Crippen molar-refractivity contribution < 1.29 is 0 Å². The monoisotopic (exact) mass is 322 g/mol. The summed E-state index contributed by atoms with van der Waals surface area (Å²) in [6, 6.07) is 2.38. The highest BCUT2D eigenvalue weighted by Gasteiger charge is 2.21. The predicted molar refractivity (Wildman–Crippen MR) is 104 cm³/mol. The van der Waals surface area contributed by atoms with Crippen molar-refractivity contribution in [2.75, 3.05) is 0 Å². The van der Waals surface area contributed by atoms with Crippen molar-refractivity contribution >= 4 is 0 Å². The molecular weight excluding hydrogens is 292 g/mol. The molecule has 1 aliphatic rings. The van der Waals surface area contributed by atoms with Crippen LogP contribution in [0.4, 0.5) is 0 Å². The van der Waals surface area contributed by atoms with Gasteiger partial charge < -0.3 is 5.32 Å². The molecule has 24 heavy (non-hydrogen) atoms. The Morgan fingerprint density at radius 3 is 2.75 bits per heavy atom. The molecule has 1 rings (SSSR count). The van der Waals surface area contributed by atoms with Gasteiger partial charge in [0.25, 0.3) is 0 Å². The van der Waals surface area contributed by atoms with Crippen molar-refractivity contribution in [3.63, 3.8) is 0 Å². The summed E-state index contributed by atoms with van der Waals surface area (Å²) in [5, 5.41) is 12.7. The van der Waals surface area contributed by atoms with E-state index in [0.29, 0.717) is 5.92 Å². The van der Waals surface area contributed by atoms with E-state index in [-0.39, 0.29) is 0 Å². The Labute approximate surface area is 147 Å². The summed E-state index contributed by atoms with van der Waals surface area (Å²) in [4.78, 5) is 0. The molecule has 1 aliphatic carbocycles. The highest BCUT2D eigenvalue weighted by molar-refractivity contribution is 5.60. The normalized spacial score (nSPS) is 16.9. The second kappa shape index (κ2) is 9.78. The van der Waals surface area contributed by atoms with Crippen LogP contribution in [0.2, 0.25) is 0 Å². The summed E-state index contributed by atoms with van der Waals surface area (Å²) in [6.07, 6.45) is 12.1. The van der Waals surface area contributed by atoms with Crippen molar-refractivity contribution in [2.45, 2.75) is 53.4 Å². The molecule has 0 spiro atoms. The lowest BCUT2D eigenvalue weighted by Gasteiger charge is -2.24. The first kappa shape index (κ1) is 19.8. The smallest absolute Gasteiger partial charge is 0.0998 e. The Kier molecular flexibility index (Phi) is 8.06. The van der Waals surface area contributed by atoms with Gasteiger partial charge in [0, 0.05) is 5.70 Å². The summed E-state index contributed by atoms with van der Waals surface area (Å²) in [6.45, 7) is 16.4. The summed E-state index contributed by atoms with van der Waals surface area (Å²) < 4.78 is 0. The van der Waals surface area contributed by atoms with Crippen LogP contribution in [0, 0.1) is 17.2 Å². The topological polar surface area (TPSA) is 35.8 Å². The van der Waals surface area contributed by atoms with E-state index >= 15 is 0 Å². The van der Waals surface area contributed by atoms with Gasteiger partial charge in [-0.25, -0.2) is 0 Å². The number of hydrogen-bond donors (Lipinski definition) is 1. The molecule has 0 heterocycles. The molecule has 0 radical (unpaired) electrons. The second-order valence-electron chi connectivity index (χ2n) is 6.37. The van der Waals surface area contributed by atoms with Crippen molar-refractivity contribution in [1.82, 2.24) is 5.32 Å². The largest absolute Gasteiger partial charge is 0.366 e. The Bertz CT molecular complexity index is 648. The maximum atomic E-state index is 9.57. The number of allylic oxidation sites excluding steroid dienone is 9. The second-order valence-corrected chi connectivity index (χ2v) is 6.37. The van der Waals surface area contributed by atoms with Gasteiger partial charge in [-0.2, -0.15) is 5.26 Å². The first-order chi connectivity index (χ1) is 11.4. The Morgan fingerprint density at radius 1 is 1.50 bits per heavy atom. The Morgan fingerprint density at radius 2 is 2.21 bits per heavy atom. The Balaban J connectivity index is 2.87. The van der Waals surface area contributed by atoms with Gasteiger partial charge in [0.1, 0.15) is 0 Å². The minimum Gasteiger partial charge on any atom is -0.366 e. The summed E-state index contributed by atoms with van der Waals surface area (Å²) in [7, 11) is 0. The highest BCUT2D eigenvalue weighted by Crippen LogP contribution is 2.37. The van der Waals surface area contributed by atoms with Crippen molar-refractivity contribution in [1.29, 1.82) is 5.26 Å². The zero-order chi connectivity index (χ0) is 18.1. The standard InChI is InChI=1S/C22H30N2/c1-7-19(8-2)22-18(6)13-20(14-21(22)15-23)17(5)11-9-10-12-24-16(3)4/h7,10,12,14,17,24H,3,6,8-9,11,13H2,1-2,4-5H3/b12-10+,19-7-. The minimum atomic E-state index is 0.441. The van der Waals surface area contributed by atoms with E-state index in [0.717, 1.165) is 48.1 Å². The molecule has 1 N–H and O–H groups in total. The van der Waals surface area contributed by atoms with Crippen molar-refractivity contribution in [3.8, 4) is 6.07 Å². The quantitative estimate of drug-likeness (QED) is 0.586. The van der Waals surface area contributed by atoms with E-state index in [1.807, 2.05) is 20.0 Å². The molecule has 2 nitrogen and oxygen atoms in total. The lowest BCUT2D eigenvalue weighted by molar-refractivity contribution is 0.604. The number of hydrogen-bond acceptors (Lipinski definition) is 2. The average molecular weight is 322 g/mol. The summed E-state index contributed by atoms with van der Waals surface area (Å²) in [5.41, 5.74) is 6.37. The molecule has 0 amide bonds. The zero-order valence-electron chi connectivity index (χ0n) is 15.6. The summed E-state index contributed by atoms with van der Waals surface area (Å²) >= 11 is 0. The van der Waals surface area contributed by atoms with Crippen LogP contribution in [0.15, 0.2) is 71.1 Å². The van der Waals surface area contributed by atoms with Gasteiger partial charge >= 0.3 is 0 Å². The summed E-state index contributed by atoms with van der Waals surface area (Å²) in [5.74, 6) is 0.441. The zero-order valence-corrected chi connectivity index (χ0v) is 15.6. The van der Waals surface area contributed by atoms with E-state index in [9.17, 15) is 5.26 Å². The number of nitrogens with zero attached hydrogens (tertiary/aromatic N) is 1. The van der Waals surface area contributed by atoms with E-state index in [4.69, 9.17) is 0 Å². The van der Waals surface area contributed by atoms with Crippen LogP contribution in [0.3, 0.4) is 0 Å². The molecule has 0 aromatic carbocycles. The minimum absolute atomic E-state index is 0.441. The van der Waals surface area contributed by atoms with E-state index in [1.165, 1.54) is 11.1 Å². The van der Waals surface area contributed by atoms with Gasteiger partial charge in [-0.1, -0.05) is 44.7 Å². The van der Waals surface area contributed by atoms with Crippen LogP contribution < -0.4 is 5.32 Å². The predicted octanol–water partition coefficient (Wildman–Crippen LogP) is 6.10. The molecule has 128 valence electrons. The van der Waals surface area contributed by atoms with E-state index in [1.54, 1.807) is 0 Å². The number of nitrogens with one attached hydrogen (secondary N) is 1. The molecule has 2 heteroatoms. The fraction of sp³-hybridized carbons (Fsp3) is 0.409. The molecule has 0 aromatic heterocycles. The molecule has 0 aromatic rings. The van der Waals surface area contributed by atoms with E-state index in [2.05, 4.69) is 56.6 Å². The average Bonchev–Trinajstić information content (AvgIpc) is 2.55. The maximum absolute atomic E-state index is 9.57. The fourth-order valence-corrected chi connectivity index (χ4v) is 2.98. The lowest BCUT2D eigenvalue weighted by Crippen LogP contribution is -2.09. The molecule has 1 atom stereocenters. The number of rotatable bonds is 8. The first-order valence-corrected chi connectivity index (χ1v) is 8.70. The lowest BCUT2D eigenvalue weighted by atomic mass is 9.79. The van der Waals surface area contributed by atoms with Crippen LogP contribution in [-0.4, -0.2) is 0 Å². The molecule has 0 aliphatic heterocycles. The third kappa shape index (κ3) is 5.42. The number of nitriles is 1. The SMILES string of the molecule is C=C(C)N/C=C/CCC(C)C1=CC(C#N)=C(/C(=C\C)CC)C(=C)C1. The third-order valence-corrected chi connectivity index (χ3v) is 4.39. The van der Waals surface area contributed by atoms with Crippen molar-refractivity contribution in [2.24, 2.45) is 5.92 Å². The van der Waals surface area contributed by atoms with Gasteiger partial charge in [-0.3, -0.25) is 0 Å². The van der Waals surface area contributed by atoms with Crippen LogP contribution in [0.1, 0.15) is 53.4 Å². The van der Waals surface area contributed by atoms with Crippen LogP contribution in [-0.2, 0) is 0 Å². The van der Waals surface area contributed by atoms with Crippen LogP contribution in [0.5, 0.6) is 0 Å².